The van der Waals surface area contributed by atoms with E-state index in [1.807, 2.05) is 60.7 Å². The lowest BCUT2D eigenvalue weighted by Gasteiger charge is -2.18. The number of nitrogens with zero attached hydrogens (tertiary/aromatic N) is 1. The first-order valence-corrected chi connectivity index (χ1v) is 12.6. The average molecular weight is 522 g/mol. The topological polar surface area (TPSA) is 77.2 Å². The van der Waals surface area contributed by atoms with Crippen molar-refractivity contribution >= 4 is 34.1 Å². The Hall–Kier alpha value is -4.26. The summed E-state index contributed by atoms with van der Waals surface area (Å²) in [5.74, 6) is -0.0635. The summed E-state index contributed by atoms with van der Waals surface area (Å²) in [7, 11) is 0. The van der Waals surface area contributed by atoms with Crippen molar-refractivity contribution in [1.82, 2.24) is 10.3 Å². The molecule has 7 heteroatoms. The minimum atomic E-state index is -0.296. The van der Waals surface area contributed by atoms with Crippen molar-refractivity contribution in [1.29, 1.82) is 0 Å². The van der Waals surface area contributed by atoms with Gasteiger partial charge in [-0.2, -0.15) is 0 Å². The molecule has 3 N–H and O–H groups in total. The second kappa shape index (κ2) is 8.65. The molecule has 0 aliphatic carbocycles. The van der Waals surface area contributed by atoms with E-state index in [-0.39, 0.29) is 30.5 Å². The lowest BCUT2D eigenvalue weighted by Crippen LogP contribution is -2.23. The first-order chi connectivity index (χ1) is 18.5. The number of halogens is 2. The van der Waals surface area contributed by atoms with Crippen molar-refractivity contribution in [2.75, 3.05) is 5.73 Å². The first-order valence-electron chi connectivity index (χ1n) is 12.3. The summed E-state index contributed by atoms with van der Waals surface area (Å²) in [6, 6.07) is 23.9. The van der Waals surface area contributed by atoms with E-state index in [4.69, 9.17) is 22.1 Å². The number of hydrogen-bond donors (Lipinski definition) is 2. The number of benzene rings is 4. The average Bonchev–Trinajstić information content (AvgIpc) is 3.49. The number of pyridine rings is 1. The predicted octanol–water partition coefficient (Wildman–Crippen LogP) is 6.73. The van der Waals surface area contributed by atoms with Gasteiger partial charge in [-0.25, -0.2) is 9.37 Å². The maximum atomic E-state index is 14.4. The van der Waals surface area contributed by atoms with Crippen molar-refractivity contribution in [3.63, 3.8) is 0 Å². The van der Waals surface area contributed by atoms with Crippen LogP contribution in [0.5, 0.6) is 0 Å². The van der Waals surface area contributed by atoms with E-state index < -0.39 is 0 Å². The molecule has 5 aromatic rings. The summed E-state index contributed by atoms with van der Waals surface area (Å²) in [6.45, 7) is 0.246. The van der Waals surface area contributed by atoms with Gasteiger partial charge in [-0.05, 0) is 81.2 Å². The summed E-state index contributed by atoms with van der Waals surface area (Å²) < 4.78 is 20.7. The number of nitrogens with one attached hydrogen (secondary N) is 1. The van der Waals surface area contributed by atoms with Gasteiger partial charge in [0.15, 0.2) is 0 Å². The fourth-order valence-corrected chi connectivity index (χ4v) is 5.76. The van der Waals surface area contributed by atoms with Gasteiger partial charge in [0, 0.05) is 34.3 Å². The number of nitrogens with two attached hydrogens (primary N) is 1. The molecule has 2 bridgehead atoms. The molecule has 4 aromatic carbocycles. The van der Waals surface area contributed by atoms with Crippen LogP contribution in [0.25, 0.3) is 21.9 Å². The molecule has 0 radical (unpaired) electrons. The summed E-state index contributed by atoms with van der Waals surface area (Å²) in [4.78, 5) is 17.2. The van der Waals surface area contributed by atoms with E-state index in [9.17, 15) is 9.18 Å². The van der Waals surface area contributed by atoms with E-state index in [2.05, 4.69) is 10.3 Å². The normalized spacial score (nSPS) is 16.9. The molecule has 1 aromatic heterocycles. The third-order valence-corrected chi connectivity index (χ3v) is 7.78. The van der Waals surface area contributed by atoms with Gasteiger partial charge in [-0.1, -0.05) is 48.0 Å². The molecular formula is C31H21ClFN3O2. The van der Waals surface area contributed by atoms with Gasteiger partial charge >= 0.3 is 0 Å². The van der Waals surface area contributed by atoms with Crippen LogP contribution in [0.3, 0.4) is 0 Å². The number of ether oxygens (including phenoxy) is 1. The molecule has 0 saturated heterocycles. The number of carbonyl (C=O) groups is 1. The zero-order chi connectivity index (χ0) is 26.0. The number of aromatic nitrogens is 1. The third-order valence-electron chi connectivity index (χ3n) is 7.42. The van der Waals surface area contributed by atoms with Crippen molar-refractivity contribution in [3.05, 3.63) is 129 Å². The molecule has 186 valence electrons. The molecule has 0 fully saturated rings. The second-order valence-electron chi connectivity index (χ2n) is 9.61. The van der Waals surface area contributed by atoms with Crippen LogP contribution in [-0.2, 0) is 11.3 Å². The molecule has 0 spiro atoms. The largest absolute Gasteiger partial charge is 0.383 e. The van der Waals surface area contributed by atoms with Crippen molar-refractivity contribution in [2.45, 2.75) is 18.8 Å². The lowest BCUT2D eigenvalue weighted by molar-refractivity contribution is 0.0857. The van der Waals surface area contributed by atoms with Crippen LogP contribution in [0.1, 0.15) is 50.4 Å². The highest BCUT2D eigenvalue weighted by Gasteiger charge is 2.43. The zero-order valence-corrected chi connectivity index (χ0v) is 20.8. The van der Waals surface area contributed by atoms with E-state index in [1.54, 1.807) is 18.3 Å². The Kier molecular flexibility index (Phi) is 5.21. The molecular weight excluding hydrogens is 501 g/mol. The number of carbonyl (C=O) groups excluding carboxylic acids is 1. The summed E-state index contributed by atoms with van der Waals surface area (Å²) >= 11 is 6.47. The fraction of sp³-hybridized carbons (Fsp3) is 0.0968. The van der Waals surface area contributed by atoms with Crippen LogP contribution in [0.15, 0.2) is 85.1 Å². The van der Waals surface area contributed by atoms with E-state index in [0.29, 0.717) is 22.0 Å². The molecule has 2 atom stereocenters. The minimum absolute atomic E-state index is 0.188. The molecule has 1 amide bonds. The van der Waals surface area contributed by atoms with Gasteiger partial charge in [0.2, 0.25) is 0 Å². The van der Waals surface area contributed by atoms with Gasteiger partial charge in [0.05, 0.1) is 0 Å². The standard InChI is InChI=1S/C31H21ClFN3O2/c32-26-14-17-9-10-35-30(34)23(17)13-19(26)15-36-31(37)18-6-8-22-25(12-18)29-24-11-16(5-7-21(24)28(22)38-29)20-3-1-2-4-27(20)33/h1-14,28-29H,15H2,(H2,34,35)(H,36,37). The van der Waals surface area contributed by atoms with Crippen LogP contribution in [0.2, 0.25) is 5.02 Å². The van der Waals surface area contributed by atoms with Gasteiger partial charge in [-0.3, -0.25) is 4.79 Å². The maximum Gasteiger partial charge on any atom is 0.251 e. The minimum Gasteiger partial charge on any atom is -0.383 e. The van der Waals surface area contributed by atoms with Gasteiger partial charge < -0.3 is 15.8 Å². The number of nitrogen functional groups attached to an aromatic ring is 1. The first kappa shape index (κ1) is 22.9. The molecule has 2 aliphatic heterocycles. The number of anilines is 1. The highest BCUT2D eigenvalue weighted by molar-refractivity contribution is 6.32. The van der Waals surface area contributed by atoms with Crippen LogP contribution >= 0.6 is 11.6 Å². The monoisotopic (exact) mass is 521 g/mol. The van der Waals surface area contributed by atoms with Crippen molar-refractivity contribution in [2.24, 2.45) is 0 Å². The number of fused-ring (bicyclic) bond motifs is 9. The van der Waals surface area contributed by atoms with Gasteiger partial charge in [0.25, 0.3) is 5.91 Å². The van der Waals surface area contributed by atoms with Gasteiger partial charge in [-0.15, -0.1) is 0 Å². The number of hydrogen-bond acceptors (Lipinski definition) is 4. The van der Waals surface area contributed by atoms with E-state index in [0.717, 1.165) is 44.2 Å². The molecule has 2 aliphatic rings. The summed E-state index contributed by atoms with van der Waals surface area (Å²) in [6.07, 6.45) is 1.15. The quantitative estimate of drug-likeness (QED) is 0.275. The zero-order valence-electron chi connectivity index (χ0n) is 20.0. The highest BCUT2D eigenvalue weighted by Crippen LogP contribution is 2.54. The summed E-state index contributed by atoms with van der Waals surface area (Å²) in [5.41, 5.74) is 12.8. The smallest absolute Gasteiger partial charge is 0.251 e. The Balaban J connectivity index is 1.15. The Morgan fingerprint density at radius 3 is 2.55 bits per heavy atom. The van der Waals surface area contributed by atoms with Crippen molar-refractivity contribution in [3.8, 4) is 11.1 Å². The molecule has 38 heavy (non-hydrogen) atoms. The molecule has 2 unspecified atom stereocenters. The van der Waals surface area contributed by atoms with Crippen LogP contribution in [0, 0.1) is 5.82 Å². The lowest BCUT2D eigenvalue weighted by atomic mass is 9.83. The SMILES string of the molecule is Nc1nccc2cc(Cl)c(CNC(=O)c3ccc4c(c3)C3OC4c4ccc(-c5ccccc5F)cc43)cc12. The Bertz CT molecular complexity index is 1790. The maximum absolute atomic E-state index is 14.4. The number of amides is 1. The Morgan fingerprint density at radius 2 is 1.71 bits per heavy atom. The van der Waals surface area contributed by atoms with Crippen LogP contribution in [-0.4, -0.2) is 10.9 Å². The van der Waals surface area contributed by atoms with Crippen LogP contribution in [0.4, 0.5) is 10.2 Å². The van der Waals surface area contributed by atoms with Gasteiger partial charge in [0.1, 0.15) is 23.8 Å². The number of rotatable bonds is 4. The van der Waals surface area contributed by atoms with Crippen molar-refractivity contribution < 1.29 is 13.9 Å². The fourth-order valence-electron chi connectivity index (χ4n) is 5.52. The Morgan fingerprint density at radius 1 is 0.947 bits per heavy atom. The Labute approximate surface area is 223 Å². The summed E-state index contributed by atoms with van der Waals surface area (Å²) in [5, 5.41) is 5.20. The van der Waals surface area contributed by atoms with E-state index >= 15 is 0 Å². The van der Waals surface area contributed by atoms with E-state index in [1.165, 1.54) is 6.07 Å². The molecule has 3 heterocycles. The predicted molar refractivity (Wildman–Crippen MR) is 145 cm³/mol. The molecule has 7 rings (SSSR count). The molecule has 0 saturated carbocycles. The highest BCUT2D eigenvalue weighted by atomic mass is 35.5. The third kappa shape index (κ3) is 3.56. The molecule has 5 nitrogen and oxygen atoms in total. The van der Waals surface area contributed by atoms with Crippen LogP contribution < -0.4 is 11.1 Å². The second-order valence-corrected chi connectivity index (χ2v) is 10.0.